The molecule has 3 aromatic rings. The Labute approximate surface area is 188 Å². The fourth-order valence-corrected chi connectivity index (χ4v) is 4.03. The number of aryl methyl sites for hydroxylation is 1. The van der Waals surface area contributed by atoms with Gasteiger partial charge in [-0.15, -0.1) is 0 Å². The Morgan fingerprint density at radius 3 is 2.50 bits per heavy atom. The highest BCUT2D eigenvalue weighted by Gasteiger charge is 2.22. The first-order valence-electron chi connectivity index (χ1n) is 11.0. The van der Waals surface area contributed by atoms with Crippen molar-refractivity contribution in [1.29, 1.82) is 0 Å². The van der Waals surface area contributed by atoms with E-state index in [2.05, 4.69) is 41.5 Å². The minimum absolute atomic E-state index is 0.0479. The molecule has 2 amide bonds. The molecule has 1 heterocycles. The van der Waals surface area contributed by atoms with E-state index in [0.29, 0.717) is 13.0 Å². The number of carbonyl (C=O) groups excluding carboxylic acids is 2. The molecule has 1 N–H and O–H groups in total. The number of pyridine rings is 1. The zero-order valence-corrected chi connectivity index (χ0v) is 18.3. The molecule has 0 atom stereocenters. The maximum Gasteiger partial charge on any atom is 0.251 e. The molecule has 4 rings (SSSR count). The summed E-state index contributed by atoms with van der Waals surface area (Å²) < 4.78 is 0. The highest BCUT2D eigenvalue weighted by Crippen LogP contribution is 2.34. The Morgan fingerprint density at radius 2 is 1.81 bits per heavy atom. The van der Waals surface area contributed by atoms with Crippen LogP contribution in [0.4, 0.5) is 11.4 Å². The lowest BCUT2D eigenvalue weighted by Gasteiger charge is -2.18. The molecule has 5 nitrogen and oxygen atoms in total. The molecule has 0 bridgehead atoms. The molecule has 0 aliphatic heterocycles. The molecular weight excluding hydrogens is 398 g/mol. The van der Waals surface area contributed by atoms with Crippen molar-refractivity contribution in [3.05, 3.63) is 95.3 Å². The molecule has 0 spiro atoms. The summed E-state index contributed by atoms with van der Waals surface area (Å²) in [5, 5.41) is 3.02. The van der Waals surface area contributed by atoms with Crippen LogP contribution in [0.5, 0.6) is 0 Å². The summed E-state index contributed by atoms with van der Waals surface area (Å²) in [5.41, 5.74) is 6.79. The Morgan fingerprint density at radius 1 is 1.03 bits per heavy atom. The van der Waals surface area contributed by atoms with Gasteiger partial charge >= 0.3 is 0 Å². The molecule has 0 fully saturated rings. The van der Waals surface area contributed by atoms with Crippen LogP contribution in [0.15, 0.2) is 78.5 Å². The number of anilines is 2. The van der Waals surface area contributed by atoms with E-state index in [9.17, 15) is 9.59 Å². The average molecular weight is 426 g/mol. The standard InChI is InChI=1S/C27H27N3O2/c1-20-8-10-21(11-9-20)25-6-4-7-26(25)27(32)29-23-12-14-24(15-13-23)30(19-31)18-16-22-5-2-3-17-28-22/h2-3,5,8-15,17,19H,4,6-7,16,18H2,1H3,(H,29,32). The van der Waals surface area contributed by atoms with Crippen molar-refractivity contribution in [2.75, 3.05) is 16.8 Å². The lowest BCUT2D eigenvalue weighted by Crippen LogP contribution is -2.24. The van der Waals surface area contributed by atoms with E-state index in [-0.39, 0.29) is 5.91 Å². The summed E-state index contributed by atoms with van der Waals surface area (Å²) in [4.78, 5) is 30.5. The van der Waals surface area contributed by atoms with E-state index in [4.69, 9.17) is 0 Å². The zero-order chi connectivity index (χ0) is 22.3. The molecule has 5 heteroatoms. The van der Waals surface area contributed by atoms with Gasteiger partial charge in [0.05, 0.1) is 0 Å². The van der Waals surface area contributed by atoms with Crippen molar-refractivity contribution in [3.63, 3.8) is 0 Å². The molecule has 0 unspecified atom stereocenters. The van der Waals surface area contributed by atoms with E-state index < -0.39 is 0 Å². The number of nitrogens with one attached hydrogen (secondary N) is 1. The summed E-state index contributed by atoms with van der Waals surface area (Å²) in [5.74, 6) is -0.0479. The third-order valence-corrected chi connectivity index (χ3v) is 5.81. The van der Waals surface area contributed by atoms with Gasteiger partial charge in [0.2, 0.25) is 6.41 Å². The van der Waals surface area contributed by atoms with E-state index in [1.807, 2.05) is 42.5 Å². The first-order valence-corrected chi connectivity index (χ1v) is 11.0. The Kier molecular flexibility index (Phi) is 6.75. The van der Waals surface area contributed by atoms with Crippen LogP contribution in [0.2, 0.25) is 0 Å². The number of hydrogen-bond donors (Lipinski definition) is 1. The Balaban J connectivity index is 1.42. The van der Waals surface area contributed by atoms with Gasteiger partial charge in [0.1, 0.15) is 0 Å². The van der Waals surface area contributed by atoms with Gasteiger partial charge in [-0.25, -0.2) is 0 Å². The maximum atomic E-state index is 13.0. The van der Waals surface area contributed by atoms with Crippen molar-refractivity contribution in [3.8, 4) is 0 Å². The topological polar surface area (TPSA) is 62.3 Å². The number of nitrogens with zero attached hydrogens (tertiary/aromatic N) is 2. The van der Waals surface area contributed by atoms with Crippen LogP contribution in [0.3, 0.4) is 0 Å². The summed E-state index contributed by atoms with van der Waals surface area (Å²) in [6.07, 6.45) is 5.97. The Hall–Kier alpha value is -3.73. The summed E-state index contributed by atoms with van der Waals surface area (Å²) in [6.45, 7) is 2.60. The van der Waals surface area contributed by atoms with Gasteiger partial charge in [-0.1, -0.05) is 35.9 Å². The molecule has 2 aromatic carbocycles. The predicted molar refractivity (Wildman–Crippen MR) is 128 cm³/mol. The van der Waals surface area contributed by atoms with Crippen molar-refractivity contribution in [2.24, 2.45) is 0 Å². The van der Waals surface area contributed by atoms with Crippen LogP contribution in [0.1, 0.15) is 36.1 Å². The molecule has 0 radical (unpaired) electrons. The van der Waals surface area contributed by atoms with Crippen molar-refractivity contribution < 1.29 is 9.59 Å². The monoisotopic (exact) mass is 425 g/mol. The SMILES string of the molecule is Cc1ccc(C2=C(C(=O)Nc3ccc(N(C=O)CCc4ccccn4)cc3)CCC2)cc1. The number of benzene rings is 2. The van der Waals surface area contributed by atoms with E-state index in [0.717, 1.165) is 59.5 Å². The predicted octanol–water partition coefficient (Wildman–Crippen LogP) is 5.17. The van der Waals surface area contributed by atoms with Gasteiger partial charge in [0.25, 0.3) is 5.91 Å². The van der Waals surface area contributed by atoms with Gasteiger partial charge in [-0.05, 0) is 73.7 Å². The number of amides is 2. The first-order chi connectivity index (χ1) is 15.6. The van der Waals surface area contributed by atoms with Crippen molar-refractivity contribution in [2.45, 2.75) is 32.6 Å². The van der Waals surface area contributed by atoms with Crippen LogP contribution < -0.4 is 10.2 Å². The quantitative estimate of drug-likeness (QED) is 0.506. The van der Waals surface area contributed by atoms with Crippen LogP contribution in [-0.4, -0.2) is 23.8 Å². The molecule has 0 saturated heterocycles. The fraction of sp³-hybridized carbons (Fsp3) is 0.222. The molecular formula is C27H27N3O2. The molecule has 1 aliphatic rings. The zero-order valence-electron chi connectivity index (χ0n) is 18.3. The third-order valence-electron chi connectivity index (χ3n) is 5.81. The lowest BCUT2D eigenvalue weighted by molar-refractivity contribution is -0.113. The maximum absolute atomic E-state index is 13.0. The largest absolute Gasteiger partial charge is 0.322 e. The lowest BCUT2D eigenvalue weighted by atomic mass is 10.0. The molecule has 1 aliphatic carbocycles. The Bertz CT molecular complexity index is 1100. The second-order valence-electron chi connectivity index (χ2n) is 8.05. The minimum Gasteiger partial charge on any atom is -0.322 e. The third kappa shape index (κ3) is 5.11. The van der Waals surface area contributed by atoms with E-state index in [1.54, 1.807) is 11.1 Å². The van der Waals surface area contributed by atoms with Gasteiger partial charge < -0.3 is 10.2 Å². The molecule has 32 heavy (non-hydrogen) atoms. The van der Waals surface area contributed by atoms with Gasteiger partial charge in [0.15, 0.2) is 0 Å². The van der Waals surface area contributed by atoms with E-state index >= 15 is 0 Å². The fourth-order valence-electron chi connectivity index (χ4n) is 4.03. The highest BCUT2D eigenvalue weighted by molar-refractivity contribution is 6.09. The normalized spacial score (nSPS) is 13.2. The summed E-state index contributed by atoms with van der Waals surface area (Å²) in [7, 11) is 0. The van der Waals surface area contributed by atoms with Gasteiger partial charge in [-0.3, -0.25) is 14.6 Å². The second kappa shape index (κ2) is 10.1. The number of carbonyl (C=O) groups is 2. The van der Waals surface area contributed by atoms with Crippen LogP contribution in [-0.2, 0) is 16.0 Å². The van der Waals surface area contributed by atoms with Crippen LogP contribution in [0.25, 0.3) is 5.57 Å². The molecule has 0 saturated carbocycles. The van der Waals surface area contributed by atoms with Crippen molar-refractivity contribution >= 4 is 29.3 Å². The smallest absolute Gasteiger partial charge is 0.251 e. The number of rotatable bonds is 8. The summed E-state index contributed by atoms with van der Waals surface area (Å²) in [6, 6.07) is 21.5. The first kappa shape index (κ1) is 21.5. The van der Waals surface area contributed by atoms with Crippen molar-refractivity contribution in [1.82, 2.24) is 4.98 Å². The second-order valence-corrected chi connectivity index (χ2v) is 8.05. The number of hydrogen-bond acceptors (Lipinski definition) is 3. The highest BCUT2D eigenvalue weighted by atomic mass is 16.1. The number of aromatic nitrogens is 1. The van der Waals surface area contributed by atoms with Gasteiger partial charge in [0, 0.05) is 41.8 Å². The molecule has 1 aromatic heterocycles. The molecule has 162 valence electrons. The van der Waals surface area contributed by atoms with Crippen LogP contribution >= 0.6 is 0 Å². The van der Waals surface area contributed by atoms with E-state index in [1.165, 1.54) is 5.56 Å². The average Bonchev–Trinajstić information content (AvgIpc) is 3.32. The summed E-state index contributed by atoms with van der Waals surface area (Å²) >= 11 is 0. The number of allylic oxidation sites excluding steroid dienone is 1. The van der Waals surface area contributed by atoms with Crippen LogP contribution in [0, 0.1) is 6.92 Å². The van der Waals surface area contributed by atoms with Gasteiger partial charge in [-0.2, -0.15) is 0 Å². The minimum atomic E-state index is -0.0479.